The number of methoxy groups -OCH3 is 1. The Kier molecular flexibility index (Phi) is 8.12. The van der Waals surface area contributed by atoms with E-state index in [1.165, 1.54) is 19.4 Å². The van der Waals surface area contributed by atoms with Crippen LogP contribution in [0.5, 0.6) is 23.0 Å². The van der Waals surface area contributed by atoms with E-state index >= 15 is 0 Å². The zero-order valence-corrected chi connectivity index (χ0v) is 22.3. The lowest BCUT2D eigenvalue weighted by Gasteiger charge is -2.10. The third-order valence-corrected chi connectivity index (χ3v) is 6.12. The molecule has 11 heteroatoms. The minimum Gasteiger partial charge on any atom is -0.493 e. The molecular weight excluding hydrogens is 550 g/mol. The Balaban J connectivity index is 1.19. The Bertz CT molecular complexity index is 1650. The zero-order chi connectivity index (χ0) is 28.8. The zero-order valence-electron chi connectivity index (χ0n) is 21.6. The molecule has 4 aromatic carbocycles. The van der Waals surface area contributed by atoms with Crippen LogP contribution in [0, 0.1) is 0 Å². The van der Waals surface area contributed by atoms with Gasteiger partial charge in [0, 0.05) is 21.8 Å². The van der Waals surface area contributed by atoms with E-state index in [4.69, 9.17) is 30.5 Å². The quantitative estimate of drug-likeness (QED) is 0.127. The maximum absolute atomic E-state index is 12.6. The Morgan fingerprint density at radius 1 is 0.829 bits per heavy atom. The van der Waals surface area contributed by atoms with Gasteiger partial charge in [-0.1, -0.05) is 17.7 Å². The van der Waals surface area contributed by atoms with Crippen LogP contribution in [0.3, 0.4) is 0 Å². The van der Waals surface area contributed by atoms with Crippen molar-refractivity contribution in [3.8, 4) is 23.0 Å². The van der Waals surface area contributed by atoms with Gasteiger partial charge in [-0.2, -0.15) is 5.10 Å². The van der Waals surface area contributed by atoms with Gasteiger partial charge in [-0.05, 0) is 84.4 Å². The molecule has 2 amide bonds. The maximum Gasteiger partial charge on any atom is 0.343 e. The highest BCUT2D eigenvalue weighted by atomic mass is 35.5. The average molecular weight is 572 g/mol. The van der Waals surface area contributed by atoms with Crippen molar-refractivity contribution < 1.29 is 33.3 Å². The minimum atomic E-state index is -0.595. The number of carbonyl (C=O) groups excluding carboxylic acids is 3. The number of benzene rings is 4. The van der Waals surface area contributed by atoms with Gasteiger partial charge in [0.05, 0.1) is 18.9 Å². The SMILES string of the molecule is COc1cc(C=NNC(=O)c2cccc(NC(=O)c3ccc(Cl)cc3)c2)ccc1OC(=O)c1ccc2c(c1)OCO2. The highest BCUT2D eigenvalue weighted by Gasteiger charge is 2.19. The fraction of sp³-hybridized carbons (Fsp3) is 0.0667. The van der Waals surface area contributed by atoms with Crippen LogP contribution in [0.4, 0.5) is 5.69 Å². The van der Waals surface area contributed by atoms with Crippen LogP contribution in [-0.2, 0) is 0 Å². The Morgan fingerprint density at radius 2 is 1.61 bits per heavy atom. The van der Waals surface area contributed by atoms with Gasteiger partial charge in [0.15, 0.2) is 23.0 Å². The van der Waals surface area contributed by atoms with E-state index in [9.17, 15) is 14.4 Å². The smallest absolute Gasteiger partial charge is 0.343 e. The molecule has 1 aliphatic heterocycles. The molecule has 0 atom stereocenters. The number of hydrogen-bond acceptors (Lipinski definition) is 8. The van der Waals surface area contributed by atoms with Crippen LogP contribution >= 0.6 is 11.6 Å². The summed E-state index contributed by atoms with van der Waals surface area (Å²) in [6.45, 7) is 0.0981. The van der Waals surface area contributed by atoms with E-state index in [1.54, 1.807) is 78.9 Å². The topological polar surface area (TPSA) is 125 Å². The predicted octanol–water partition coefficient (Wildman–Crippen LogP) is 5.31. The number of amides is 2. The number of carbonyl (C=O) groups is 3. The van der Waals surface area contributed by atoms with Crippen LogP contribution in [0.1, 0.15) is 36.6 Å². The Labute approximate surface area is 239 Å². The molecule has 2 N–H and O–H groups in total. The Hall–Kier alpha value is -5.35. The summed E-state index contributed by atoms with van der Waals surface area (Å²) in [6, 6.07) is 22.5. The average Bonchev–Trinajstić information content (AvgIpc) is 3.46. The molecule has 5 rings (SSSR count). The molecular formula is C30H22ClN3O7. The molecule has 4 aromatic rings. The minimum absolute atomic E-state index is 0.0981. The van der Waals surface area contributed by atoms with Crippen molar-refractivity contribution in [1.82, 2.24) is 5.43 Å². The number of halogens is 1. The molecule has 0 unspecified atom stereocenters. The molecule has 0 bridgehead atoms. The molecule has 0 aromatic heterocycles. The van der Waals surface area contributed by atoms with Crippen LogP contribution in [-0.4, -0.2) is 37.9 Å². The first-order chi connectivity index (χ1) is 19.9. The molecule has 0 radical (unpaired) electrons. The summed E-state index contributed by atoms with van der Waals surface area (Å²) in [4.78, 5) is 37.7. The first-order valence-electron chi connectivity index (χ1n) is 12.2. The third-order valence-electron chi connectivity index (χ3n) is 5.87. The molecule has 0 fully saturated rings. The fourth-order valence-electron chi connectivity index (χ4n) is 3.80. The highest BCUT2D eigenvalue weighted by Crippen LogP contribution is 2.34. The van der Waals surface area contributed by atoms with Crippen molar-refractivity contribution >= 4 is 41.3 Å². The summed E-state index contributed by atoms with van der Waals surface area (Å²) in [7, 11) is 1.44. The molecule has 41 heavy (non-hydrogen) atoms. The third kappa shape index (κ3) is 6.63. The van der Waals surface area contributed by atoms with Crippen LogP contribution in [0.15, 0.2) is 90.0 Å². The molecule has 0 saturated carbocycles. The molecule has 0 saturated heterocycles. The normalized spacial score (nSPS) is 11.7. The van der Waals surface area contributed by atoms with Crippen LogP contribution in [0.25, 0.3) is 0 Å². The molecule has 1 heterocycles. The second-order valence-electron chi connectivity index (χ2n) is 8.61. The van der Waals surface area contributed by atoms with Gasteiger partial charge in [-0.3, -0.25) is 9.59 Å². The van der Waals surface area contributed by atoms with Gasteiger partial charge < -0.3 is 24.3 Å². The molecule has 206 valence electrons. The van der Waals surface area contributed by atoms with Gasteiger partial charge in [-0.15, -0.1) is 0 Å². The largest absolute Gasteiger partial charge is 0.493 e. The van der Waals surface area contributed by atoms with Gasteiger partial charge >= 0.3 is 5.97 Å². The van der Waals surface area contributed by atoms with Gasteiger partial charge in [-0.25, -0.2) is 10.2 Å². The standard InChI is InChI=1S/C30H22ClN3O7/c1-38-26-13-18(5-11-25(26)41-30(37)21-8-12-24-27(15-21)40-17-39-24)16-32-34-29(36)20-3-2-4-23(14-20)33-28(35)19-6-9-22(31)10-7-19/h2-16H,17H2,1H3,(H,33,35)(H,34,36). The van der Waals surface area contributed by atoms with Crippen molar-refractivity contribution in [2.75, 3.05) is 19.2 Å². The summed E-state index contributed by atoms with van der Waals surface area (Å²) in [5.74, 6) is 0.105. The van der Waals surface area contributed by atoms with Crippen molar-refractivity contribution in [2.24, 2.45) is 5.10 Å². The number of anilines is 1. The van der Waals surface area contributed by atoms with E-state index in [0.29, 0.717) is 50.2 Å². The maximum atomic E-state index is 12.6. The monoisotopic (exact) mass is 571 g/mol. The number of hydrogen-bond donors (Lipinski definition) is 2. The number of ether oxygens (including phenoxy) is 4. The van der Waals surface area contributed by atoms with Crippen LogP contribution in [0.2, 0.25) is 5.02 Å². The van der Waals surface area contributed by atoms with Gasteiger partial charge in [0.25, 0.3) is 11.8 Å². The Morgan fingerprint density at radius 3 is 2.41 bits per heavy atom. The number of nitrogens with one attached hydrogen (secondary N) is 2. The lowest BCUT2D eigenvalue weighted by molar-refractivity contribution is 0.0728. The first kappa shape index (κ1) is 27.2. The number of rotatable bonds is 8. The summed E-state index contributed by atoms with van der Waals surface area (Å²) in [5, 5.41) is 7.27. The van der Waals surface area contributed by atoms with Crippen molar-refractivity contribution in [1.29, 1.82) is 0 Å². The summed E-state index contributed by atoms with van der Waals surface area (Å²) in [5.41, 5.74) is 4.48. The molecule has 0 spiro atoms. The predicted molar refractivity (Wildman–Crippen MR) is 151 cm³/mol. The van der Waals surface area contributed by atoms with E-state index < -0.39 is 11.9 Å². The van der Waals surface area contributed by atoms with Crippen molar-refractivity contribution in [2.45, 2.75) is 0 Å². The fourth-order valence-corrected chi connectivity index (χ4v) is 3.93. The lowest BCUT2D eigenvalue weighted by atomic mass is 10.1. The second-order valence-corrected chi connectivity index (χ2v) is 9.05. The first-order valence-corrected chi connectivity index (χ1v) is 12.6. The number of esters is 1. The summed E-state index contributed by atoms with van der Waals surface area (Å²) in [6.07, 6.45) is 1.41. The highest BCUT2D eigenvalue weighted by molar-refractivity contribution is 6.30. The number of nitrogens with zero attached hydrogens (tertiary/aromatic N) is 1. The van der Waals surface area contributed by atoms with E-state index in [2.05, 4.69) is 15.8 Å². The number of hydrazone groups is 1. The molecule has 1 aliphatic rings. The lowest BCUT2D eigenvalue weighted by Crippen LogP contribution is -2.18. The number of fused-ring (bicyclic) bond motifs is 1. The van der Waals surface area contributed by atoms with E-state index in [0.717, 1.165) is 0 Å². The molecule has 0 aliphatic carbocycles. The van der Waals surface area contributed by atoms with Crippen molar-refractivity contribution in [3.63, 3.8) is 0 Å². The molecule has 10 nitrogen and oxygen atoms in total. The van der Waals surface area contributed by atoms with Crippen LogP contribution < -0.4 is 29.7 Å². The van der Waals surface area contributed by atoms with E-state index in [1.807, 2.05) is 0 Å². The second kappa shape index (κ2) is 12.2. The van der Waals surface area contributed by atoms with E-state index in [-0.39, 0.29) is 18.4 Å². The van der Waals surface area contributed by atoms with Crippen molar-refractivity contribution in [3.05, 3.63) is 112 Å². The van der Waals surface area contributed by atoms with Gasteiger partial charge in [0.1, 0.15) is 0 Å². The summed E-state index contributed by atoms with van der Waals surface area (Å²) >= 11 is 5.87. The van der Waals surface area contributed by atoms with Gasteiger partial charge in [0.2, 0.25) is 6.79 Å². The summed E-state index contributed by atoms with van der Waals surface area (Å²) < 4.78 is 21.4.